The van der Waals surface area contributed by atoms with Crippen LogP contribution in [0.25, 0.3) is 0 Å². The van der Waals surface area contributed by atoms with Crippen molar-refractivity contribution in [3.63, 3.8) is 0 Å². The Morgan fingerprint density at radius 3 is 1.54 bits per heavy atom. The van der Waals surface area contributed by atoms with E-state index in [9.17, 15) is 0 Å². The van der Waals surface area contributed by atoms with E-state index in [4.69, 9.17) is 10.2 Å². The third-order valence-corrected chi connectivity index (χ3v) is 3.55. The molecule has 0 amide bonds. The van der Waals surface area contributed by atoms with E-state index in [0.29, 0.717) is 10.5 Å². The second-order valence-corrected chi connectivity index (χ2v) is 4.93. The van der Waals surface area contributed by atoms with Gasteiger partial charge in [-0.05, 0) is 12.8 Å². The lowest BCUT2D eigenvalue weighted by molar-refractivity contribution is 0.280. The van der Waals surface area contributed by atoms with Gasteiger partial charge in [0, 0.05) is 10.5 Å². The molecule has 0 bridgehead atoms. The zero-order valence-electron chi connectivity index (χ0n) is 8.70. The van der Waals surface area contributed by atoms with Crippen LogP contribution in [0.3, 0.4) is 0 Å². The summed E-state index contributed by atoms with van der Waals surface area (Å²) in [5.41, 5.74) is 0. The Bertz CT molecular complexity index is 97.1. The van der Waals surface area contributed by atoms with E-state index in [1.165, 1.54) is 0 Å². The monoisotopic (exact) mass is 206 g/mol. The van der Waals surface area contributed by atoms with E-state index in [-0.39, 0.29) is 13.2 Å². The Morgan fingerprint density at radius 1 is 0.923 bits per heavy atom. The molecular weight excluding hydrogens is 184 g/mol. The number of thioether (sulfide) groups is 1. The third-order valence-electron chi connectivity index (χ3n) is 2.01. The lowest BCUT2D eigenvalue weighted by Crippen LogP contribution is -2.17. The van der Waals surface area contributed by atoms with Crippen LogP contribution < -0.4 is 0 Å². The Morgan fingerprint density at radius 2 is 1.31 bits per heavy atom. The van der Waals surface area contributed by atoms with E-state index >= 15 is 0 Å². The first-order chi connectivity index (χ1) is 6.28. The van der Waals surface area contributed by atoms with Crippen LogP contribution in [0.4, 0.5) is 0 Å². The molecule has 3 heteroatoms. The van der Waals surface area contributed by atoms with Gasteiger partial charge in [-0.15, -0.1) is 0 Å². The summed E-state index contributed by atoms with van der Waals surface area (Å²) >= 11 is 1.74. The van der Waals surface area contributed by atoms with Crippen LogP contribution in [0.2, 0.25) is 0 Å². The number of hydrogen-bond donors (Lipinski definition) is 2. The standard InChI is InChI=1S/C10H22O2S/c1-3-5-9(7-11)13-10(8-12)6-4-2/h9-12H,3-8H2,1-2H3. The molecular formula is C10H22O2S. The van der Waals surface area contributed by atoms with E-state index in [2.05, 4.69) is 13.8 Å². The molecule has 13 heavy (non-hydrogen) atoms. The predicted molar refractivity (Wildman–Crippen MR) is 59.2 cm³/mol. The molecule has 0 fully saturated rings. The van der Waals surface area contributed by atoms with Crippen LogP contribution in [0.1, 0.15) is 39.5 Å². The summed E-state index contributed by atoms with van der Waals surface area (Å²) in [7, 11) is 0. The van der Waals surface area contributed by atoms with Gasteiger partial charge in [0.15, 0.2) is 0 Å². The molecule has 80 valence electrons. The zero-order chi connectivity index (χ0) is 10.1. The topological polar surface area (TPSA) is 40.5 Å². The van der Waals surface area contributed by atoms with Crippen molar-refractivity contribution in [3.05, 3.63) is 0 Å². The summed E-state index contributed by atoms with van der Waals surface area (Å²) in [6.07, 6.45) is 4.29. The van der Waals surface area contributed by atoms with Crippen molar-refractivity contribution in [1.82, 2.24) is 0 Å². The summed E-state index contributed by atoms with van der Waals surface area (Å²) in [5.74, 6) is 0. The second kappa shape index (κ2) is 8.85. The average Bonchev–Trinajstić information content (AvgIpc) is 2.16. The number of hydrogen-bond acceptors (Lipinski definition) is 3. The number of aliphatic hydroxyl groups excluding tert-OH is 2. The van der Waals surface area contributed by atoms with Crippen molar-refractivity contribution in [2.45, 2.75) is 50.0 Å². The van der Waals surface area contributed by atoms with Crippen molar-refractivity contribution >= 4 is 11.8 Å². The summed E-state index contributed by atoms with van der Waals surface area (Å²) in [6.45, 7) is 4.71. The molecule has 0 aliphatic carbocycles. The van der Waals surface area contributed by atoms with Gasteiger partial charge >= 0.3 is 0 Å². The largest absolute Gasteiger partial charge is 0.395 e. The predicted octanol–water partition coefficient (Wildman–Crippen LogP) is 2.04. The Kier molecular flexibility index (Phi) is 9.03. The molecule has 2 N–H and O–H groups in total. The Hall–Kier alpha value is 0.270. The van der Waals surface area contributed by atoms with Gasteiger partial charge in [0.25, 0.3) is 0 Å². The summed E-state index contributed by atoms with van der Waals surface area (Å²) in [6, 6.07) is 0. The van der Waals surface area contributed by atoms with Gasteiger partial charge in [-0.2, -0.15) is 11.8 Å². The van der Waals surface area contributed by atoms with Crippen LogP contribution in [-0.4, -0.2) is 33.9 Å². The molecule has 0 aliphatic heterocycles. The molecule has 2 unspecified atom stereocenters. The van der Waals surface area contributed by atoms with Gasteiger partial charge < -0.3 is 10.2 Å². The lowest BCUT2D eigenvalue weighted by atomic mass is 10.2. The molecule has 0 saturated carbocycles. The van der Waals surface area contributed by atoms with Crippen molar-refractivity contribution in [1.29, 1.82) is 0 Å². The molecule has 0 aromatic rings. The SMILES string of the molecule is CCCC(CO)SC(CO)CCC. The van der Waals surface area contributed by atoms with E-state index in [0.717, 1.165) is 25.7 Å². The summed E-state index contributed by atoms with van der Waals surface area (Å²) in [4.78, 5) is 0. The Labute approximate surface area is 85.7 Å². The quantitative estimate of drug-likeness (QED) is 0.638. The number of rotatable bonds is 8. The van der Waals surface area contributed by atoms with Crippen LogP contribution >= 0.6 is 11.8 Å². The maximum absolute atomic E-state index is 9.07. The van der Waals surface area contributed by atoms with E-state index < -0.39 is 0 Å². The molecule has 0 aromatic carbocycles. The summed E-state index contributed by atoms with van der Waals surface area (Å²) in [5, 5.41) is 18.8. The lowest BCUT2D eigenvalue weighted by Gasteiger charge is -2.19. The first-order valence-corrected chi connectivity index (χ1v) is 6.09. The van der Waals surface area contributed by atoms with Gasteiger partial charge in [0.1, 0.15) is 0 Å². The summed E-state index contributed by atoms with van der Waals surface area (Å²) < 4.78 is 0. The van der Waals surface area contributed by atoms with Crippen LogP contribution in [0.15, 0.2) is 0 Å². The van der Waals surface area contributed by atoms with E-state index in [1.807, 2.05) is 0 Å². The second-order valence-electron chi connectivity index (χ2n) is 3.32. The third kappa shape index (κ3) is 6.36. The minimum absolute atomic E-state index is 0.235. The van der Waals surface area contributed by atoms with Gasteiger partial charge in [-0.25, -0.2) is 0 Å². The molecule has 0 aromatic heterocycles. The smallest absolute Gasteiger partial charge is 0.0550 e. The first kappa shape index (κ1) is 13.3. The zero-order valence-corrected chi connectivity index (χ0v) is 9.52. The minimum Gasteiger partial charge on any atom is -0.395 e. The first-order valence-electron chi connectivity index (χ1n) is 5.15. The molecule has 0 spiro atoms. The highest BCUT2D eigenvalue weighted by Crippen LogP contribution is 2.24. The maximum Gasteiger partial charge on any atom is 0.0550 e. The highest BCUT2D eigenvalue weighted by Gasteiger charge is 2.14. The molecule has 0 rings (SSSR count). The molecule has 0 heterocycles. The number of aliphatic hydroxyl groups is 2. The van der Waals surface area contributed by atoms with Crippen molar-refractivity contribution in [2.75, 3.05) is 13.2 Å². The van der Waals surface area contributed by atoms with Gasteiger partial charge in [0.2, 0.25) is 0 Å². The average molecular weight is 206 g/mol. The van der Waals surface area contributed by atoms with Crippen LogP contribution in [0, 0.1) is 0 Å². The fourth-order valence-electron chi connectivity index (χ4n) is 1.32. The van der Waals surface area contributed by atoms with Crippen molar-refractivity contribution in [2.24, 2.45) is 0 Å². The van der Waals surface area contributed by atoms with Gasteiger partial charge in [-0.3, -0.25) is 0 Å². The molecule has 0 radical (unpaired) electrons. The normalized spacial score (nSPS) is 15.7. The highest BCUT2D eigenvalue weighted by molar-refractivity contribution is 8.00. The fourth-order valence-corrected chi connectivity index (χ4v) is 2.78. The van der Waals surface area contributed by atoms with Crippen molar-refractivity contribution < 1.29 is 10.2 Å². The Balaban J connectivity index is 3.73. The van der Waals surface area contributed by atoms with Crippen molar-refractivity contribution in [3.8, 4) is 0 Å². The molecule has 0 saturated heterocycles. The van der Waals surface area contributed by atoms with Gasteiger partial charge in [-0.1, -0.05) is 26.7 Å². The molecule has 2 nitrogen and oxygen atoms in total. The highest BCUT2D eigenvalue weighted by atomic mass is 32.2. The minimum atomic E-state index is 0.235. The molecule has 0 aliphatic rings. The van der Waals surface area contributed by atoms with Crippen LogP contribution in [-0.2, 0) is 0 Å². The molecule has 2 atom stereocenters. The van der Waals surface area contributed by atoms with Gasteiger partial charge in [0.05, 0.1) is 13.2 Å². The van der Waals surface area contributed by atoms with Crippen LogP contribution in [0.5, 0.6) is 0 Å². The maximum atomic E-state index is 9.07. The fraction of sp³-hybridized carbons (Fsp3) is 1.00. The van der Waals surface area contributed by atoms with E-state index in [1.54, 1.807) is 11.8 Å².